The molecule has 20 heavy (non-hydrogen) atoms. The van der Waals surface area contributed by atoms with Crippen LogP contribution in [0.5, 0.6) is 0 Å². The van der Waals surface area contributed by atoms with Gasteiger partial charge in [0.15, 0.2) is 9.84 Å². The number of nitrogens with zero attached hydrogens (tertiary/aromatic N) is 1. The first-order chi connectivity index (χ1) is 9.46. The standard InChI is InChI=1S/C14H16ClNO2S2/c1-16(10-6-7-20(17,18)9-10)8-13-14(15)11-4-2-3-5-12(11)19-13/h2-5,10H,6-9H2,1H3/t10-/m0/s1. The monoisotopic (exact) mass is 329 g/mol. The molecule has 1 aromatic carbocycles. The first kappa shape index (κ1) is 14.3. The third-order valence-electron chi connectivity index (χ3n) is 3.83. The van der Waals surface area contributed by atoms with E-state index in [4.69, 9.17) is 11.6 Å². The number of sulfone groups is 1. The summed E-state index contributed by atoms with van der Waals surface area (Å²) in [6.45, 7) is 0.707. The third-order valence-corrected chi connectivity index (χ3v) is 7.28. The Balaban J connectivity index is 1.81. The molecule has 3 rings (SSSR count). The summed E-state index contributed by atoms with van der Waals surface area (Å²) >= 11 is 8.12. The van der Waals surface area contributed by atoms with E-state index >= 15 is 0 Å². The predicted octanol–water partition coefficient (Wildman–Crippen LogP) is 3.17. The minimum absolute atomic E-state index is 0.112. The van der Waals surface area contributed by atoms with Crippen molar-refractivity contribution in [1.82, 2.24) is 4.90 Å². The summed E-state index contributed by atoms with van der Waals surface area (Å²) in [5.74, 6) is 0.578. The van der Waals surface area contributed by atoms with Crippen LogP contribution < -0.4 is 0 Å². The first-order valence-corrected chi connectivity index (χ1v) is 9.54. The van der Waals surface area contributed by atoms with Gasteiger partial charge in [-0.05, 0) is 19.5 Å². The van der Waals surface area contributed by atoms with Crippen LogP contribution in [0.15, 0.2) is 24.3 Å². The number of hydrogen-bond acceptors (Lipinski definition) is 4. The number of hydrogen-bond donors (Lipinski definition) is 0. The molecule has 0 spiro atoms. The fourth-order valence-corrected chi connectivity index (χ4v) is 6.01. The summed E-state index contributed by atoms with van der Waals surface area (Å²) in [4.78, 5) is 3.22. The van der Waals surface area contributed by atoms with Crippen molar-refractivity contribution >= 4 is 42.9 Å². The zero-order valence-corrected chi connectivity index (χ0v) is 13.6. The van der Waals surface area contributed by atoms with Crippen molar-refractivity contribution in [2.24, 2.45) is 0 Å². The summed E-state index contributed by atoms with van der Waals surface area (Å²) in [6, 6.07) is 8.19. The van der Waals surface area contributed by atoms with E-state index in [-0.39, 0.29) is 11.8 Å². The highest BCUT2D eigenvalue weighted by atomic mass is 35.5. The molecule has 1 fully saturated rings. The van der Waals surface area contributed by atoms with Gasteiger partial charge >= 0.3 is 0 Å². The summed E-state index contributed by atoms with van der Waals surface area (Å²) in [5, 5.41) is 1.89. The van der Waals surface area contributed by atoms with Gasteiger partial charge in [0.05, 0.1) is 16.5 Å². The zero-order chi connectivity index (χ0) is 14.3. The topological polar surface area (TPSA) is 37.4 Å². The Bertz CT molecular complexity index is 739. The highest BCUT2D eigenvalue weighted by Gasteiger charge is 2.31. The highest BCUT2D eigenvalue weighted by molar-refractivity contribution is 7.91. The van der Waals surface area contributed by atoms with E-state index in [1.807, 2.05) is 25.2 Å². The molecule has 3 nitrogen and oxygen atoms in total. The van der Waals surface area contributed by atoms with Gasteiger partial charge in [0.2, 0.25) is 0 Å². The van der Waals surface area contributed by atoms with Crippen LogP contribution in [0.1, 0.15) is 11.3 Å². The quantitative estimate of drug-likeness (QED) is 0.868. The van der Waals surface area contributed by atoms with Gasteiger partial charge in [-0.2, -0.15) is 0 Å². The zero-order valence-electron chi connectivity index (χ0n) is 11.2. The number of thiophene rings is 1. The molecular weight excluding hydrogens is 314 g/mol. The Morgan fingerprint density at radius 3 is 2.80 bits per heavy atom. The number of fused-ring (bicyclic) bond motifs is 1. The maximum atomic E-state index is 11.6. The van der Waals surface area contributed by atoms with E-state index in [1.54, 1.807) is 11.3 Å². The lowest BCUT2D eigenvalue weighted by Crippen LogP contribution is -2.31. The molecular formula is C14H16ClNO2S2. The van der Waals surface area contributed by atoms with E-state index in [0.717, 1.165) is 21.7 Å². The Kier molecular flexibility index (Phi) is 3.79. The molecule has 2 heterocycles. The van der Waals surface area contributed by atoms with Crippen LogP contribution in [-0.4, -0.2) is 37.9 Å². The second-order valence-corrected chi connectivity index (χ2v) is 9.05. The molecule has 0 unspecified atom stereocenters. The Hall–Kier alpha value is -0.620. The van der Waals surface area contributed by atoms with Crippen LogP contribution >= 0.6 is 22.9 Å². The molecule has 108 valence electrons. The summed E-state index contributed by atoms with van der Waals surface area (Å²) in [6.07, 6.45) is 0.724. The van der Waals surface area contributed by atoms with Crippen molar-refractivity contribution in [2.75, 3.05) is 18.6 Å². The largest absolute Gasteiger partial charge is 0.297 e. The second-order valence-electron chi connectivity index (χ2n) is 5.31. The molecule has 1 aliphatic rings. The highest BCUT2D eigenvalue weighted by Crippen LogP contribution is 2.36. The van der Waals surface area contributed by atoms with Crippen LogP contribution in [0.25, 0.3) is 10.1 Å². The van der Waals surface area contributed by atoms with Gasteiger partial charge < -0.3 is 0 Å². The van der Waals surface area contributed by atoms with Crippen molar-refractivity contribution in [3.8, 4) is 0 Å². The summed E-state index contributed by atoms with van der Waals surface area (Å²) in [7, 11) is -0.860. The van der Waals surface area contributed by atoms with Crippen molar-refractivity contribution in [3.63, 3.8) is 0 Å². The molecule has 0 aliphatic carbocycles. The van der Waals surface area contributed by atoms with E-state index < -0.39 is 9.84 Å². The minimum Gasteiger partial charge on any atom is -0.297 e. The normalized spacial score (nSPS) is 21.9. The Labute approximate surface area is 128 Å². The number of benzene rings is 1. The van der Waals surface area contributed by atoms with Crippen LogP contribution in [0.2, 0.25) is 5.02 Å². The lowest BCUT2D eigenvalue weighted by Gasteiger charge is -2.22. The molecule has 0 bridgehead atoms. The van der Waals surface area contributed by atoms with Crippen LogP contribution in [0, 0.1) is 0 Å². The summed E-state index contributed by atoms with van der Waals surface area (Å²) in [5.41, 5.74) is 0. The van der Waals surface area contributed by atoms with E-state index in [0.29, 0.717) is 12.3 Å². The second kappa shape index (κ2) is 5.30. The van der Waals surface area contributed by atoms with Gasteiger partial charge in [-0.3, -0.25) is 4.90 Å². The maximum Gasteiger partial charge on any atom is 0.151 e. The van der Waals surface area contributed by atoms with Crippen molar-refractivity contribution < 1.29 is 8.42 Å². The van der Waals surface area contributed by atoms with Crippen molar-refractivity contribution in [1.29, 1.82) is 0 Å². The predicted molar refractivity (Wildman–Crippen MR) is 85.4 cm³/mol. The van der Waals surface area contributed by atoms with Crippen molar-refractivity contribution in [2.45, 2.75) is 19.0 Å². The Morgan fingerprint density at radius 1 is 1.40 bits per heavy atom. The minimum atomic E-state index is -2.84. The summed E-state index contributed by atoms with van der Waals surface area (Å²) < 4.78 is 24.3. The number of halogens is 1. The SMILES string of the molecule is CN(Cc1sc2ccccc2c1Cl)[C@H]1CCS(=O)(=O)C1. The van der Waals surface area contributed by atoms with Crippen LogP contribution in [0.3, 0.4) is 0 Å². The Morgan fingerprint density at radius 2 is 2.15 bits per heavy atom. The van der Waals surface area contributed by atoms with Gasteiger partial charge in [0.1, 0.15) is 0 Å². The van der Waals surface area contributed by atoms with Crippen LogP contribution in [-0.2, 0) is 16.4 Å². The molecule has 1 atom stereocenters. The first-order valence-electron chi connectivity index (χ1n) is 6.53. The average Bonchev–Trinajstić information content (AvgIpc) is 2.92. The molecule has 2 aromatic rings. The molecule has 1 aromatic heterocycles. The molecule has 0 amide bonds. The molecule has 0 saturated carbocycles. The lowest BCUT2D eigenvalue weighted by molar-refractivity contribution is 0.256. The fourth-order valence-electron chi connectivity index (χ4n) is 2.65. The average molecular weight is 330 g/mol. The molecule has 1 saturated heterocycles. The van der Waals surface area contributed by atoms with E-state index in [9.17, 15) is 8.42 Å². The van der Waals surface area contributed by atoms with E-state index in [2.05, 4.69) is 11.0 Å². The van der Waals surface area contributed by atoms with Crippen LogP contribution in [0.4, 0.5) is 0 Å². The van der Waals surface area contributed by atoms with E-state index in [1.165, 1.54) is 4.70 Å². The smallest absolute Gasteiger partial charge is 0.151 e. The van der Waals surface area contributed by atoms with Gasteiger partial charge in [-0.1, -0.05) is 29.8 Å². The van der Waals surface area contributed by atoms with Gasteiger partial charge in [0, 0.05) is 27.5 Å². The number of rotatable bonds is 3. The molecule has 6 heteroatoms. The van der Waals surface area contributed by atoms with Crippen molar-refractivity contribution in [3.05, 3.63) is 34.2 Å². The molecule has 0 N–H and O–H groups in total. The maximum absolute atomic E-state index is 11.6. The molecule has 1 aliphatic heterocycles. The van der Waals surface area contributed by atoms with Gasteiger partial charge in [0.25, 0.3) is 0 Å². The lowest BCUT2D eigenvalue weighted by atomic mass is 10.2. The third kappa shape index (κ3) is 2.72. The van der Waals surface area contributed by atoms with Gasteiger partial charge in [-0.25, -0.2) is 8.42 Å². The van der Waals surface area contributed by atoms with Gasteiger partial charge in [-0.15, -0.1) is 11.3 Å². The molecule has 0 radical (unpaired) electrons. The fraction of sp³-hybridized carbons (Fsp3) is 0.429.